The molecule has 1 aromatic carbocycles. The molecule has 1 unspecified atom stereocenters. The summed E-state index contributed by atoms with van der Waals surface area (Å²) in [6, 6.07) is 5.25. The molecule has 11 heteroatoms. The molecular weight excluding hydrogens is 453 g/mol. The summed E-state index contributed by atoms with van der Waals surface area (Å²) < 4.78 is 38.3. The zero-order valence-corrected chi connectivity index (χ0v) is 20.1. The van der Waals surface area contributed by atoms with E-state index in [4.69, 9.17) is 15.2 Å². The van der Waals surface area contributed by atoms with Gasteiger partial charge in [-0.1, -0.05) is 13.8 Å². The molecule has 30 heavy (non-hydrogen) atoms. The summed E-state index contributed by atoms with van der Waals surface area (Å²) >= 11 is 0. The standard InChI is InChI=1S/C19H31N3O5S.2ClH/c1-15(2)14-22(28(24,25)17-6-4-16(26-3)5-7-17)18(19(20)23)8-9-21-10-12-27-13-11-21;;/h4-7,15,18H,8-14H2,1-3H3,(H2,20,23);2*1H. The fraction of sp³-hybridized carbons (Fsp3) is 0.632. The van der Waals surface area contributed by atoms with Crippen LogP contribution in [0.1, 0.15) is 20.3 Å². The third kappa shape index (κ3) is 7.86. The summed E-state index contributed by atoms with van der Waals surface area (Å²) in [5.41, 5.74) is 5.64. The molecule has 0 radical (unpaired) electrons. The predicted octanol–water partition coefficient (Wildman–Crippen LogP) is 1.76. The molecule has 1 aliphatic rings. The molecule has 1 saturated heterocycles. The molecule has 1 atom stereocenters. The van der Waals surface area contributed by atoms with Gasteiger partial charge in [-0.05, 0) is 36.6 Å². The highest BCUT2D eigenvalue weighted by Gasteiger charge is 2.35. The normalized spacial score (nSPS) is 15.9. The van der Waals surface area contributed by atoms with Crippen LogP contribution in [0, 0.1) is 5.92 Å². The first kappa shape index (κ1) is 28.9. The van der Waals surface area contributed by atoms with Gasteiger partial charge < -0.3 is 15.2 Å². The van der Waals surface area contributed by atoms with E-state index in [9.17, 15) is 13.2 Å². The molecule has 0 spiro atoms. The molecule has 1 aliphatic heterocycles. The molecule has 0 saturated carbocycles. The topological polar surface area (TPSA) is 102 Å². The maximum absolute atomic E-state index is 13.3. The summed E-state index contributed by atoms with van der Waals surface area (Å²) in [7, 11) is -2.37. The minimum absolute atomic E-state index is 0. The predicted molar refractivity (Wildman–Crippen MR) is 121 cm³/mol. The molecule has 8 nitrogen and oxygen atoms in total. The first-order chi connectivity index (χ1) is 13.3. The Kier molecular flexibility index (Phi) is 12.9. The van der Waals surface area contributed by atoms with Crippen LogP contribution in [0.2, 0.25) is 0 Å². The number of rotatable bonds is 10. The fourth-order valence-corrected chi connectivity index (χ4v) is 4.98. The number of primary amides is 1. The SMILES string of the molecule is COc1ccc(S(=O)(=O)N(CC(C)C)C(CCN2CCOCC2)C(N)=O)cc1.Cl.Cl. The van der Waals surface area contributed by atoms with E-state index in [0.29, 0.717) is 31.9 Å². The van der Waals surface area contributed by atoms with Crippen LogP contribution in [-0.2, 0) is 19.6 Å². The quantitative estimate of drug-likeness (QED) is 0.541. The van der Waals surface area contributed by atoms with Gasteiger partial charge in [-0.2, -0.15) is 4.31 Å². The Morgan fingerprint density at radius 1 is 1.20 bits per heavy atom. The summed E-state index contributed by atoms with van der Waals surface area (Å²) in [6.07, 6.45) is 0.345. The molecule has 2 rings (SSSR count). The van der Waals surface area contributed by atoms with Gasteiger partial charge in [-0.25, -0.2) is 8.42 Å². The summed E-state index contributed by atoms with van der Waals surface area (Å²) in [5.74, 6) is -0.0302. The van der Waals surface area contributed by atoms with E-state index in [1.807, 2.05) is 13.8 Å². The van der Waals surface area contributed by atoms with Crippen LogP contribution in [0.3, 0.4) is 0 Å². The highest BCUT2D eigenvalue weighted by atomic mass is 35.5. The number of carbonyl (C=O) groups excluding carboxylic acids is 1. The zero-order chi connectivity index (χ0) is 20.7. The fourth-order valence-electron chi connectivity index (χ4n) is 3.19. The lowest BCUT2D eigenvalue weighted by Gasteiger charge is -2.33. The zero-order valence-electron chi connectivity index (χ0n) is 17.7. The van der Waals surface area contributed by atoms with E-state index in [1.54, 1.807) is 12.1 Å². The first-order valence-corrected chi connectivity index (χ1v) is 10.9. The molecule has 0 aromatic heterocycles. The average molecular weight is 486 g/mol. The van der Waals surface area contributed by atoms with Crippen molar-refractivity contribution in [2.75, 3.05) is 46.5 Å². The van der Waals surface area contributed by atoms with Gasteiger partial charge in [0.1, 0.15) is 11.8 Å². The van der Waals surface area contributed by atoms with E-state index in [-0.39, 0.29) is 42.2 Å². The second kappa shape index (κ2) is 13.3. The van der Waals surface area contributed by atoms with Gasteiger partial charge in [0.15, 0.2) is 0 Å². The van der Waals surface area contributed by atoms with Crippen molar-refractivity contribution in [2.45, 2.75) is 31.2 Å². The molecule has 0 bridgehead atoms. The number of halogens is 2. The number of hydrogen-bond acceptors (Lipinski definition) is 6. The van der Waals surface area contributed by atoms with Crippen molar-refractivity contribution >= 4 is 40.7 Å². The molecule has 1 heterocycles. The lowest BCUT2D eigenvalue weighted by molar-refractivity contribution is -0.122. The van der Waals surface area contributed by atoms with Crippen LogP contribution in [0.15, 0.2) is 29.2 Å². The third-order valence-corrected chi connectivity index (χ3v) is 6.60. The third-order valence-electron chi connectivity index (χ3n) is 4.71. The molecular formula is C19H33Cl2N3O5S. The Morgan fingerprint density at radius 3 is 2.23 bits per heavy atom. The smallest absolute Gasteiger partial charge is 0.243 e. The molecule has 2 N–H and O–H groups in total. The van der Waals surface area contributed by atoms with Gasteiger partial charge in [0.2, 0.25) is 15.9 Å². The number of ether oxygens (including phenoxy) is 2. The number of amides is 1. The van der Waals surface area contributed by atoms with E-state index >= 15 is 0 Å². The Bertz CT molecular complexity index is 741. The maximum atomic E-state index is 13.3. The van der Waals surface area contributed by atoms with Crippen LogP contribution < -0.4 is 10.5 Å². The molecule has 0 aliphatic carbocycles. The largest absolute Gasteiger partial charge is 0.497 e. The highest BCUT2D eigenvalue weighted by molar-refractivity contribution is 7.89. The minimum atomic E-state index is -3.88. The second-order valence-electron chi connectivity index (χ2n) is 7.30. The van der Waals surface area contributed by atoms with E-state index in [2.05, 4.69) is 4.90 Å². The molecule has 1 aromatic rings. The van der Waals surface area contributed by atoms with Gasteiger partial charge in [-0.15, -0.1) is 24.8 Å². The number of nitrogens with zero attached hydrogens (tertiary/aromatic N) is 2. The number of morpholine rings is 1. The lowest BCUT2D eigenvalue weighted by Crippen LogP contribution is -2.51. The van der Waals surface area contributed by atoms with Crippen LogP contribution in [0.25, 0.3) is 0 Å². The Morgan fingerprint density at radius 2 is 1.77 bits per heavy atom. The van der Waals surface area contributed by atoms with Crippen molar-refractivity contribution in [1.29, 1.82) is 0 Å². The summed E-state index contributed by atoms with van der Waals surface area (Å²) in [4.78, 5) is 14.5. The number of benzene rings is 1. The number of carbonyl (C=O) groups is 1. The van der Waals surface area contributed by atoms with Gasteiger partial charge in [0.05, 0.1) is 25.2 Å². The Labute approximate surface area is 191 Å². The highest BCUT2D eigenvalue weighted by Crippen LogP contribution is 2.24. The van der Waals surface area contributed by atoms with E-state index < -0.39 is 22.0 Å². The average Bonchev–Trinajstić information content (AvgIpc) is 2.67. The summed E-state index contributed by atoms with van der Waals surface area (Å²) in [6.45, 7) is 7.44. The van der Waals surface area contributed by atoms with Crippen molar-refractivity contribution in [1.82, 2.24) is 9.21 Å². The molecule has 174 valence electrons. The Balaban J connectivity index is 0.00000420. The minimum Gasteiger partial charge on any atom is -0.497 e. The Hall–Kier alpha value is -1.10. The number of nitrogens with two attached hydrogens (primary N) is 1. The van der Waals surface area contributed by atoms with Gasteiger partial charge in [0.25, 0.3) is 0 Å². The number of sulfonamides is 1. The van der Waals surface area contributed by atoms with Crippen molar-refractivity contribution in [3.05, 3.63) is 24.3 Å². The summed E-state index contributed by atoms with van der Waals surface area (Å²) in [5, 5.41) is 0. The lowest BCUT2D eigenvalue weighted by atomic mass is 10.1. The van der Waals surface area contributed by atoms with E-state index in [1.165, 1.54) is 23.5 Å². The van der Waals surface area contributed by atoms with Crippen molar-refractivity contribution < 1.29 is 22.7 Å². The number of methoxy groups -OCH3 is 1. The second-order valence-corrected chi connectivity index (χ2v) is 9.20. The van der Waals surface area contributed by atoms with Crippen LogP contribution in [-0.4, -0.2) is 76.1 Å². The maximum Gasteiger partial charge on any atom is 0.243 e. The van der Waals surface area contributed by atoms with Crippen LogP contribution in [0.4, 0.5) is 0 Å². The first-order valence-electron chi connectivity index (χ1n) is 9.51. The monoisotopic (exact) mass is 485 g/mol. The van der Waals surface area contributed by atoms with Gasteiger partial charge >= 0.3 is 0 Å². The van der Waals surface area contributed by atoms with Gasteiger partial charge in [0, 0.05) is 26.2 Å². The van der Waals surface area contributed by atoms with Crippen LogP contribution in [0.5, 0.6) is 5.75 Å². The van der Waals surface area contributed by atoms with Crippen LogP contribution >= 0.6 is 24.8 Å². The molecule has 1 fully saturated rings. The van der Waals surface area contributed by atoms with Crippen molar-refractivity contribution in [2.24, 2.45) is 11.7 Å². The van der Waals surface area contributed by atoms with E-state index in [0.717, 1.165) is 13.1 Å². The van der Waals surface area contributed by atoms with Crippen molar-refractivity contribution in [3.8, 4) is 5.75 Å². The molecule has 1 amide bonds. The van der Waals surface area contributed by atoms with Gasteiger partial charge in [-0.3, -0.25) is 9.69 Å². The van der Waals surface area contributed by atoms with Crippen molar-refractivity contribution in [3.63, 3.8) is 0 Å². The number of hydrogen-bond donors (Lipinski definition) is 1.